The third-order valence-corrected chi connectivity index (χ3v) is 12.8. The molecule has 262 valence electrons. The number of carbonyl (C=O) groups is 4. The molecule has 0 aliphatic heterocycles. The highest BCUT2D eigenvalue weighted by molar-refractivity contribution is 6.47. The van der Waals surface area contributed by atoms with E-state index in [2.05, 4.69) is 27.7 Å². The van der Waals surface area contributed by atoms with E-state index < -0.39 is 46.5 Å². The molecular formula is C34H36Cl6O8. The second-order valence-electron chi connectivity index (χ2n) is 13.1. The highest BCUT2D eigenvalue weighted by Gasteiger charge is 2.50. The van der Waals surface area contributed by atoms with Crippen LogP contribution >= 0.6 is 69.6 Å². The van der Waals surface area contributed by atoms with Gasteiger partial charge in [-0.15, -0.1) is 0 Å². The van der Waals surface area contributed by atoms with Gasteiger partial charge in [0, 0.05) is 10.8 Å². The zero-order chi connectivity index (χ0) is 35.9. The molecule has 4 rings (SSSR count). The molecular weight excluding hydrogens is 749 g/mol. The Hall–Kier alpha value is -1.94. The summed E-state index contributed by atoms with van der Waals surface area (Å²) in [6.07, 6.45) is 3.82. The molecule has 6 atom stereocenters. The molecule has 0 spiro atoms. The summed E-state index contributed by atoms with van der Waals surface area (Å²) in [7, 11) is 0. The number of hydrogen-bond acceptors (Lipinski definition) is 8. The quantitative estimate of drug-likeness (QED) is 0.101. The zero-order valence-corrected chi connectivity index (χ0v) is 31.8. The molecule has 0 heterocycles. The molecule has 2 aromatic carbocycles. The fourth-order valence-electron chi connectivity index (χ4n) is 6.78. The maximum atomic E-state index is 13.3. The lowest BCUT2D eigenvalue weighted by Gasteiger charge is -2.52. The van der Waals surface area contributed by atoms with Gasteiger partial charge in [0.1, 0.15) is 11.1 Å². The van der Waals surface area contributed by atoms with E-state index in [9.17, 15) is 19.2 Å². The van der Waals surface area contributed by atoms with Gasteiger partial charge in [-0.3, -0.25) is 0 Å². The molecule has 2 aliphatic rings. The maximum Gasteiger partial charge on any atom is 0.423 e. The molecule has 2 aromatic rings. The third-order valence-electron chi connectivity index (χ3n) is 10.6. The Bertz CT molecular complexity index is 1530. The second-order valence-corrected chi connectivity index (χ2v) is 15.5. The van der Waals surface area contributed by atoms with Crippen molar-refractivity contribution in [1.29, 1.82) is 0 Å². The average Bonchev–Trinajstić information content (AvgIpc) is 3.04. The lowest BCUT2D eigenvalue weighted by atomic mass is 9.54. The summed E-state index contributed by atoms with van der Waals surface area (Å²) >= 11 is 37.7. The lowest BCUT2D eigenvalue weighted by Crippen LogP contribution is -2.49. The van der Waals surface area contributed by atoms with Crippen molar-refractivity contribution in [3.05, 3.63) is 53.4 Å². The highest BCUT2D eigenvalue weighted by atomic mass is 35.5. The van der Waals surface area contributed by atoms with Crippen molar-refractivity contribution in [3.8, 4) is 11.5 Å². The van der Waals surface area contributed by atoms with Crippen molar-refractivity contribution in [2.75, 3.05) is 13.2 Å². The van der Waals surface area contributed by atoms with E-state index in [0.29, 0.717) is 23.7 Å². The van der Waals surface area contributed by atoms with Crippen LogP contribution in [-0.2, 0) is 19.1 Å². The Kier molecular flexibility index (Phi) is 12.2. The number of rotatable bonds is 10. The van der Waals surface area contributed by atoms with Crippen molar-refractivity contribution in [2.24, 2.45) is 34.5 Å². The normalized spacial score (nSPS) is 26.2. The number of ether oxygens (including phenoxy) is 4. The Labute approximate surface area is 309 Å². The first-order valence-corrected chi connectivity index (χ1v) is 17.8. The van der Waals surface area contributed by atoms with Gasteiger partial charge in [-0.1, -0.05) is 124 Å². The zero-order valence-electron chi connectivity index (χ0n) is 27.2. The van der Waals surface area contributed by atoms with Gasteiger partial charge in [-0.05, 0) is 48.6 Å². The van der Waals surface area contributed by atoms with E-state index in [-0.39, 0.29) is 54.2 Å². The second kappa shape index (κ2) is 15.1. The summed E-state index contributed by atoms with van der Waals surface area (Å²) in [4.78, 5) is 52.9. The molecule has 2 saturated carbocycles. The molecule has 0 N–H and O–H groups in total. The third kappa shape index (κ3) is 7.26. The van der Waals surface area contributed by atoms with Crippen LogP contribution in [0.1, 0.15) is 87.9 Å². The standard InChI is InChI=1S/C34H36Cl6O8/c1-7-17-9-15(3)33(17,5)13-45-29(41)23-25(39)19(35)11-21(37)27(23)47-31(43)32(44)48-28-22(38)12-20(36)26(40)24(28)30(42)46-14-34(6)16(4)10-18(34)8-2/h11-12,15-18H,7-10,13-14H2,1-6H3. The Morgan fingerprint density at radius 1 is 0.646 bits per heavy atom. The topological polar surface area (TPSA) is 105 Å². The van der Waals surface area contributed by atoms with Crippen LogP contribution in [0.15, 0.2) is 12.1 Å². The Morgan fingerprint density at radius 3 is 1.27 bits per heavy atom. The minimum Gasteiger partial charge on any atom is -0.461 e. The molecule has 8 nitrogen and oxygen atoms in total. The smallest absolute Gasteiger partial charge is 0.423 e. The van der Waals surface area contributed by atoms with E-state index in [1.54, 1.807) is 0 Å². The van der Waals surface area contributed by atoms with Gasteiger partial charge >= 0.3 is 23.9 Å². The van der Waals surface area contributed by atoms with Crippen LogP contribution in [0.3, 0.4) is 0 Å². The van der Waals surface area contributed by atoms with Gasteiger partial charge in [0.25, 0.3) is 0 Å². The molecule has 2 aliphatic carbocycles. The summed E-state index contributed by atoms with van der Waals surface area (Å²) < 4.78 is 21.7. The van der Waals surface area contributed by atoms with E-state index in [0.717, 1.165) is 37.8 Å². The van der Waals surface area contributed by atoms with Crippen molar-refractivity contribution >= 4 is 93.5 Å². The molecule has 0 bridgehead atoms. The SMILES string of the molecule is CCC1CC(C)C1(C)COC(=O)c1c(Cl)c(Cl)cc(Cl)c1OC(=O)C(=O)Oc1c(Cl)cc(Cl)c(Cl)c1C(=O)OCC1(C)C(C)CC1CC. The van der Waals surface area contributed by atoms with Crippen LogP contribution in [-0.4, -0.2) is 37.1 Å². The first-order chi connectivity index (χ1) is 22.4. The van der Waals surface area contributed by atoms with Crippen LogP contribution < -0.4 is 9.47 Å². The maximum absolute atomic E-state index is 13.3. The molecule has 0 saturated heterocycles. The van der Waals surface area contributed by atoms with Gasteiger partial charge in [-0.2, -0.15) is 0 Å². The predicted octanol–water partition coefficient (Wildman–Crippen LogP) is 10.6. The summed E-state index contributed by atoms with van der Waals surface area (Å²) in [5.41, 5.74) is -1.47. The molecule has 0 aromatic heterocycles. The molecule has 2 fully saturated rings. The van der Waals surface area contributed by atoms with Crippen LogP contribution in [0.25, 0.3) is 0 Å². The highest BCUT2D eigenvalue weighted by Crippen LogP contribution is 2.54. The number of hydrogen-bond donors (Lipinski definition) is 0. The van der Waals surface area contributed by atoms with Crippen LogP contribution in [0.2, 0.25) is 30.1 Å². The summed E-state index contributed by atoms with van der Waals surface area (Å²) in [5, 5.41) is -1.48. The monoisotopic (exact) mass is 782 g/mol. The summed E-state index contributed by atoms with van der Waals surface area (Å²) in [6, 6.07) is 2.27. The number of carbonyl (C=O) groups excluding carboxylic acids is 4. The Balaban J connectivity index is 1.56. The number of esters is 4. The summed E-state index contributed by atoms with van der Waals surface area (Å²) in [5.74, 6) is -5.07. The minimum atomic E-state index is -1.64. The van der Waals surface area contributed by atoms with E-state index in [1.165, 1.54) is 0 Å². The minimum absolute atomic E-state index is 0.0628. The number of benzene rings is 2. The largest absolute Gasteiger partial charge is 0.461 e. The summed E-state index contributed by atoms with van der Waals surface area (Å²) in [6.45, 7) is 12.5. The average molecular weight is 785 g/mol. The van der Waals surface area contributed by atoms with Crippen LogP contribution in [0.4, 0.5) is 0 Å². The fourth-order valence-corrected chi connectivity index (χ4v) is 8.22. The fraction of sp³-hybridized carbons (Fsp3) is 0.529. The Morgan fingerprint density at radius 2 is 0.979 bits per heavy atom. The molecule has 48 heavy (non-hydrogen) atoms. The molecule has 0 radical (unpaired) electrons. The van der Waals surface area contributed by atoms with Crippen molar-refractivity contribution < 1.29 is 38.1 Å². The van der Waals surface area contributed by atoms with Crippen LogP contribution in [0.5, 0.6) is 11.5 Å². The van der Waals surface area contributed by atoms with Gasteiger partial charge in [0.15, 0.2) is 11.5 Å². The lowest BCUT2D eigenvalue weighted by molar-refractivity contribution is -0.156. The first-order valence-electron chi connectivity index (χ1n) is 15.5. The van der Waals surface area contributed by atoms with Crippen LogP contribution in [0, 0.1) is 34.5 Å². The van der Waals surface area contributed by atoms with Gasteiger partial charge in [0.2, 0.25) is 0 Å². The predicted molar refractivity (Wildman–Crippen MR) is 186 cm³/mol. The first kappa shape index (κ1) is 38.9. The van der Waals surface area contributed by atoms with E-state index in [1.807, 2.05) is 13.8 Å². The molecule has 6 unspecified atom stereocenters. The van der Waals surface area contributed by atoms with E-state index in [4.69, 9.17) is 88.6 Å². The van der Waals surface area contributed by atoms with Gasteiger partial charge < -0.3 is 18.9 Å². The number of halogens is 6. The van der Waals surface area contributed by atoms with Crippen molar-refractivity contribution in [1.82, 2.24) is 0 Å². The molecule has 14 heteroatoms. The van der Waals surface area contributed by atoms with Gasteiger partial charge in [0.05, 0.1) is 43.3 Å². The molecule has 0 amide bonds. The van der Waals surface area contributed by atoms with Crippen molar-refractivity contribution in [3.63, 3.8) is 0 Å². The van der Waals surface area contributed by atoms with Crippen molar-refractivity contribution in [2.45, 2.75) is 67.2 Å². The van der Waals surface area contributed by atoms with Gasteiger partial charge in [-0.25, -0.2) is 19.2 Å². The van der Waals surface area contributed by atoms with E-state index >= 15 is 0 Å².